The monoisotopic (exact) mass is 164 g/mol. The van der Waals surface area contributed by atoms with Crippen molar-refractivity contribution in [2.45, 2.75) is 18.3 Å². The first-order valence-corrected chi connectivity index (χ1v) is 4.61. The molecule has 10 heavy (non-hydrogen) atoms. The highest BCUT2D eigenvalue weighted by molar-refractivity contribution is 7.98. The molecule has 0 saturated carbocycles. The largest absolute Gasteiger partial charge is 0.388 e. The zero-order valence-corrected chi connectivity index (χ0v) is 6.67. The lowest BCUT2D eigenvalue weighted by Gasteiger charge is -2.12. The maximum absolute atomic E-state index is 9.20. The molecule has 0 aromatic heterocycles. The second kappa shape index (κ2) is 3.57. The lowest BCUT2D eigenvalue weighted by Crippen LogP contribution is -2.31. The fraction of sp³-hybridized carbons (Fsp3) is 1.00. The van der Waals surface area contributed by atoms with Crippen LogP contribution in [0.4, 0.5) is 0 Å². The Bertz CT molecular complexity index is 107. The number of thioether (sulfide) groups is 1. The molecule has 0 aromatic rings. The lowest BCUT2D eigenvalue weighted by molar-refractivity contribution is 0.0337. The zero-order chi connectivity index (χ0) is 7.56. The zero-order valence-electron chi connectivity index (χ0n) is 5.86. The van der Waals surface area contributed by atoms with Crippen LogP contribution in [0.1, 0.15) is 0 Å². The molecule has 1 aliphatic rings. The minimum atomic E-state index is -0.688. The Hall–Kier alpha value is 0.230. The van der Waals surface area contributed by atoms with E-state index < -0.39 is 12.2 Å². The van der Waals surface area contributed by atoms with E-state index in [9.17, 15) is 5.11 Å². The molecule has 3 atom stereocenters. The molecule has 4 heteroatoms. The van der Waals surface area contributed by atoms with Crippen LogP contribution in [0.5, 0.6) is 0 Å². The summed E-state index contributed by atoms with van der Waals surface area (Å²) in [6, 6.07) is 0. The topological polar surface area (TPSA) is 49.7 Å². The van der Waals surface area contributed by atoms with Gasteiger partial charge in [-0.2, -0.15) is 11.8 Å². The van der Waals surface area contributed by atoms with Crippen molar-refractivity contribution < 1.29 is 14.9 Å². The molecule has 3 nitrogen and oxygen atoms in total. The predicted molar refractivity (Wildman–Crippen MR) is 40.1 cm³/mol. The number of aliphatic hydroxyl groups is 2. The van der Waals surface area contributed by atoms with Gasteiger partial charge in [0.15, 0.2) is 0 Å². The molecule has 0 bridgehead atoms. The molecule has 0 aromatic carbocycles. The van der Waals surface area contributed by atoms with Crippen molar-refractivity contribution in [3.05, 3.63) is 0 Å². The molecule has 0 radical (unpaired) electrons. The van der Waals surface area contributed by atoms with Crippen molar-refractivity contribution in [3.63, 3.8) is 0 Å². The van der Waals surface area contributed by atoms with Crippen LogP contribution in [0.25, 0.3) is 0 Å². The summed E-state index contributed by atoms with van der Waals surface area (Å²) in [5, 5.41) is 18.2. The van der Waals surface area contributed by atoms with Crippen LogP contribution in [0.3, 0.4) is 0 Å². The van der Waals surface area contributed by atoms with Crippen molar-refractivity contribution in [2.24, 2.45) is 0 Å². The minimum absolute atomic E-state index is 0.176. The molecule has 1 rings (SSSR count). The van der Waals surface area contributed by atoms with Gasteiger partial charge < -0.3 is 14.9 Å². The number of aliphatic hydroxyl groups excluding tert-OH is 2. The predicted octanol–water partition coefficient (Wildman–Crippen LogP) is -0.530. The van der Waals surface area contributed by atoms with Gasteiger partial charge in [0.1, 0.15) is 12.2 Å². The van der Waals surface area contributed by atoms with Gasteiger partial charge in [-0.1, -0.05) is 0 Å². The van der Waals surface area contributed by atoms with Gasteiger partial charge >= 0.3 is 0 Å². The third-order valence-electron chi connectivity index (χ3n) is 1.59. The smallest absolute Gasteiger partial charge is 0.109 e. The summed E-state index contributed by atoms with van der Waals surface area (Å²) in [5.41, 5.74) is 0. The van der Waals surface area contributed by atoms with Crippen LogP contribution in [-0.2, 0) is 4.74 Å². The Morgan fingerprint density at radius 2 is 2.30 bits per heavy atom. The molecular weight excluding hydrogens is 152 g/mol. The van der Waals surface area contributed by atoms with E-state index in [4.69, 9.17) is 9.84 Å². The highest BCUT2D eigenvalue weighted by atomic mass is 32.2. The van der Waals surface area contributed by atoms with E-state index in [0.29, 0.717) is 0 Å². The molecule has 60 valence electrons. The third-order valence-corrected chi connectivity index (χ3v) is 2.25. The van der Waals surface area contributed by atoms with Crippen molar-refractivity contribution >= 4 is 11.8 Å². The van der Waals surface area contributed by atoms with E-state index >= 15 is 0 Å². The van der Waals surface area contributed by atoms with Crippen molar-refractivity contribution in [3.8, 4) is 0 Å². The molecule has 2 N–H and O–H groups in total. The van der Waals surface area contributed by atoms with Crippen LogP contribution in [0.15, 0.2) is 0 Å². The van der Waals surface area contributed by atoms with E-state index in [1.54, 1.807) is 11.8 Å². The minimum Gasteiger partial charge on any atom is -0.388 e. The molecular formula is C6H12O3S. The first-order chi connectivity index (χ1) is 4.75. The standard InChI is InChI=1S/C6H12O3S/c1-10-3-5-6(8)4(7)2-9-5/h4-8H,2-3H2,1H3/t4-,5+,6-/m0/s1. The number of rotatable bonds is 2. The molecule has 1 fully saturated rings. The molecule has 0 amide bonds. The molecule has 1 aliphatic heterocycles. The average molecular weight is 164 g/mol. The number of ether oxygens (including phenoxy) is 1. The Balaban J connectivity index is 2.33. The number of hydrogen-bond donors (Lipinski definition) is 2. The maximum atomic E-state index is 9.20. The first-order valence-electron chi connectivity index (χ1n) is 3.22. The fourth-order valence-electron chi connectivity index (χ4n) is 0.978. The quantitative estimate of drug-likeness (QED) is 0.576. The molecule has 1 saturated heterocycles. The maximum Gasteiger partial charge on any atom is 0.109 e. The van der Waals surface area contributed by atoms with Gasteiger partial charge in [0.25, 0.3) is 0 Å². The van der Waals surface area contributed by atoms with Crippen molar-refractivity contribution in [2.75, 3.05) is 18.6 Å². The van der Waals surface area contributed by atoms with Crippen LogP contribution < -0.4 is 0 Å². The summed E-state index contributed by atoms with van der Waals surface area (Å²) < 4.78 is 5.10. The summed E-state index contributed by atoms with van der Waals surface area (Å²) in [4.78, 5) is 0. The van der Waals surface area contributed by atoms with Gasteiger partial charge in [0, 0.05) is 5.75 Å². The Morgan fingerprint density at radius 1 is 1.60 bits per heavy atom. The Kier molecular flexibility index (Phi) is 2.97. The van der Waals surface area contributed by atoms with Crippen molar-refractivity contribution in [1.29, 1.82) is 0 Å². The van der Waals surface area contributed by atoms with Crippen LogP contribution in [-0.4, -0.2) is 47.1 Å². The molecule has 1 heterocycles. The summed E-state index contributed by atoms with van der Waals surface area (Å²) in [6.07, 6.45) is 0.399. The normalized spacial score (nSPS) is 40.5. The van der Waals surface area contributed by atoms with Gasteiger partial charge in [0.05, 0.1) is 12.7 Å². The van der Waals surface area contributed by atoms with Gasteiger partial charge in [-0.3, -0.25) is 0 Å². The van der Waals surface area contributed by atoms with E-state index in [0.717, 1.165) is 5.75 Å². The van der Waals surface area contributed by atoms with E-state index in [1.165, 1.54) is 0 Å². The van der Waals surface area contributed by atoms with Crippen LogP contribution in [0.2, 0.25) is 0 Å². The number of hydrogen-bond acceptors (Lipinski definition) is 4. The van der Waals surface area contributed by atoms with Gasteiger partial charge in [-0.15, -0.1) is 0 Å². The van der Waals surface area contributed by atoms with Gasteiger partial charge in [0.2, 0.25) is 0 Å². The Labute approximate surface area is 64.4 Å². The SMILES string of the molecule is CSC[C@H]1OC[C@H](O)[C@@H]1O. The van der Waals surface area contributed by atoms with Crippen molar-refractivity contribution in [1.82, 2.24) is 0 Å². The lowest BCUT2D eigenvalue weighted by atomic mass is 10.2. The Morgan fingerprint density at radius 3 is 2.70 bits per heavy atom. The van der Waals surface area contributed by atoms with E-state index in [1.807, 2.05) is 6.26 Å². The van der Waals surface area contributed by atoms with Gasteiger partial charge in [-0.25, -0.2) is 0 Å². The van der Waals surface area contributed by atoms with E-state index in [-0.39, 0.29) is 12.7 Å². The van der Waals surface area contributed by atoms with E-state index in [2.05, 4.69) is 0 Å². The highest BCUT2D eigenvalue weighted by Crippen LogP contribution is 2.16. The van der Waals surface area contributed by atoms with Crippen LogP contribution >= 0.6 is 11.8 Å². The second-order valence-electron chi connectivity index (χ2n) is 2.39. The summed E-state index contributed by atoms with van der Waals surface area (Å²) in [7, 11) is 0. The summed E-state index contributed by atoms with van der Waals surface area (Å²) in [5.74, 6) is 0.748. The highest BCUT2D eigenvalue weighted by Gasteiger charge is 2.33. The fourth-order valence-corrected chi connectivity index (χ4v) is 1.60. The molecule has 0 unspecified atom stereocenters. The molecule has 0 spiro atoms. The summed E-state index contributed by atoms with van der Waals surface area (Å²) >= 11 is 1.61. The third kappa shape index (κ3) is 1.63. The first kappa shape index (κ1) is 8.33. The van der Waals surface area contributed by atoms with Crippen LogP contribution in [0, 0.1) is 0 Å². The average Bonchev–Trinajstić information content (AvgIpc) is 2.20. The molecule has 0 aliphatic carbocycles. The van der Waals surface area contributed by atoms with Gasteiger partial charge in [-0.05, 0) is 6.26 Å². The second-order valence-corrected chi connectivity index (χ2v) is 3.30. The summed E-state index contributed by atoms with van der Waals surface area (Å²) in [6.45, 7) is 0.270.